The summed E-state index contributed by atoms with van der Waals surface area (Å²) in [4.78, 5) is 7.00. The lowest BCUT2D eigenvalue weighted by atomic mass is 10.1. The van der Waals surface area contributed by atoms with Crippen LogP contribution < -0.4 is 0 Å². The molecule has 0 N–H and O–H groups in total. The zero-order chi connectivity index (χ0) is 13.3. The van der Waals surface area contributed by atoms with Crippen LogP contribution in [0.1, 0.15) is 11.3 Å². The van der Waals surface area contributed by atoms with Crippen molar-refractivity contribution in [3.05, 3.63) is 46.9 Å². The van der Waals surface area contributed by atoms with Gasteiger partial charge in [-0.1, -0.05) is 23.8 Å². The lowest BCUT2D eigenvalue weighted by molar-refractivity contribution is -0.141. The second-order valence-corrected chi connectivity index (χ2v) is 4.11. The molecule has 0 amide bonds. The van der Waals surface area contributed by atoms with Crippen molar-refractivity contribution in [1.29, 1.82) is 0 Å². The van der Waals surface area contributed by atoms with Gasteiger partial charge in [-0.3, -0.25) is 0 Å². The van der Waals surface area contributed by atoms with E-state index in [0.29, 0.717) is 5.56 Å². The average Bonchev–Trinajstić information content (AvgIpc) is 2.27. The van der Waals surface area contributed by atoms with Gasteiger partial charge in [0.25, 0.3) is 0 Å². The van der Waals surface area contributed by atoms with Gasteiger partial charge in [-0.15, -0.1) is 0 Å². The maximum absolute atomic E-state index is 12.6. The zero-order valence-electron chi connectivity index (χ0n) is 9.29. The minimum absolute atomic E-state index is 0.158. The molecular formula is C12H8ClF3N2. The number of nitrogens with zero attached hydrogens (tertiary/aromatic N) is 2. The molecule has 0 aliphatic carbocycles. The Hall–Kier alpha value is -1.62. The van der Waals surface area contributed by atoms with E-state index >= 15 is 0 Å². The highest BCUT2D eigenvalue weighted by atomic mass is 35.5. The van der Waals surface area contributed by atoms with E-state index < -0.39 is 17.2 Å². The van der Waals surface area contributed by atoms with E-state index in [0.717, 1.165) is 11.6 Å². The van der Waals surface area contributed by atoms with Crippen LogP contribution in [0.25, 0.3) is 11.3 Å². The van der Waals surface area contributed by atoms with E-state index in [-0.39, 0.29) is 5.69 Å². The number of rotatable bonds is 1. The van der Waals surface area contributed by atoms with Gasteiger partial charge in [0.15, 0.2) is 0 Å². The van der Waals surface area contributed by atoms with Gasteiger partial charge in [0.1, 0.15) is 5.69 Å². The van der Waals surface area contributed by atoms with Crippen LogP contribution in [0.2, 0.25) is 5.28 Å². The van der Waals surface area contributed by atoms with Gasteiger partial charge in [0, 0.05) is 5.56 Å². The van der Waals surface area contributed by atoms with Crippen molar-refractivity contribution in [2.75, 3.05) is 0 Å². The molecule has 0 unspecified atom stereocenters. The molecule has 2 rings (SSSR count). The normalized spacial score (nSPS) is 11.6. The third-order valence-corrected chi connectivity index (χ3v) is 2.47. The second kappa shape index (κ2) is 4.57. The number of benzene rings is 1. The monoisotopic (exact) mass is 272 g/mol. The Kier molecular flexibility index (Phi) is 3.26. The Morgan fingerprint density at radius 1 is 1.11 bits per heavy atom. The molecule has 0 saturated carbocycles. The van der Waals surface area contributed by atoms with Crippen LogP contribution in [-0.2, 0) is 6.18 Å². The molecular weight excluding hydrogens is 265 g/mol. The minimum Gasteiger partial charge on any atom is -0.218 e. The molecule has 18 heavy (non-hydrogen) atoms. The summed E-state index contributed by atoms with van der Waals surface area (Å²) in [5, 5.41) is -0.415. The highest BCUT2D eigenvalue weighted by Crippen LogP contribution is 2.31. The first-order valence-corrected chi connectivity index (χ1v) is 5.43. The van der Waals surface area contributed by atoms with Crippen LogP contribution in [0.15, 0.2) is 30.3 Å². The molecule has 0 saturated heterocycles. The molecule has 0 fully saturated rings. The predicted octanol–water partition coefficient (Wildman–Crippen LogP) is 4.12. The Bertz CT molecular complexity index is 582. The molecule has 0 spiro atoms. The van der Waals surface area contributed by atoms with Crippen molar-refractivity contribution >= 4 is 11.6 Å². The number of aryl methyl sites for hydroxylation is 1. The standard InChI is InChI=1S/C12H8ClF3N2/c1-7-3-2-4-8(5-7)9-6-10(12(14,15)16)18-11(13)17-9/h2-6H,1H3. The molecule has 0 radical (unpaired) electrons. The van der Waals surface area contributed by atoms with Gasteiger partial charge in [0.2, 0.25) is 5.28 Å². The van der Waals surface area contributed by atoms with Crippen molar-refractivity contribution in [2.45, 2.75) is 13.1 Å². The summed E-state index contributed by atoms with van der Waals surface area (Å²) >= 11 is 5.52. The van der Waals surface area contributed by atoms with Crippen molar-refractivity contribution in [3.8, 4) is 11.3 Å². The number of alkyl halides is 3. The minimum atomic E-state index is -4.54. The fourth-order valence-electron chi connectivity index (χ4n) is 1.52. The van der Waals surface area contributed by atoms with Crippen LogP contribution in [0.3, 0.4) is 0 Å². The van der Waals surface area contributed by atoms with Crippen LogP contribution in [-0.4, -0.2) is 9.97 Å². The van der Waals surface area contributed by atoms with E-state index in [1.807, 2.05) is 13.0 Å². The second-order valence-electron chi connectivity index (χ2n) is 3.77. The van der Waals surface area contributed by atoms with Gasteiger partial charge in [-0.25, -0.2) is 9.97 Å². The third kappa shape index (κ3) is 2.79. The fraction of sp³-hybridized carbons (Fsp3) is 0.167. The molecule has 94 valence electrons. The summed E-state index contributed by atoms with van der Waals surface area (Å²) < 4.78 is 37.8. The van der Waals surface area contributed by atoms with E-state index in [1.165, 1.54) is 0 Å². The van der Waals surface area contributed by atoms with Crippen molar-refractivity contribution in [1.82, 2.24) is 9.97 Å². The van der Waals surface area contributed by atoms with Crippen LogP contribution in [0.4, 0.5) is 13.2 Å². The molecule has 2 nitrogen and oxygen atoms in total. The molecule has 1 aromatic carbocycles. The highest BCUT2D eigenvalue weighted by Gasteiger charge is 2.33. The molecule has 0 bridgehead atoms. The molecule has 1 aromatic heterocycles. The molecule has 0 aliphatic rings. The molecule has 6 heteroatoms. The van der Waals surface area contributed by atoms with E-state index in [1.54, 1.807) is 18.2 Å². The Labute approximate surface area is 106 Å². The van der Waals surface area contributed by atoms with Crippen LogP contribution in [0, 0.1) is 6.92 Å². The zero-order valence-corrected chi connectivity index (χ0v) is 10.0. The van der Waals surface area contributed by atoms with Gasteiger partial charge in [0.05, 0.1) is 5.69 Å². The van der Waals surface area contributed by atoms with Crippen molar-refractivity contribution < 1.29 is 13.2 Å². The number of aromatic nitrogens is 2. The van der Waals surface area contributed by atoms with Gasteiger partial charge in [-0.05, 0) is 30.7 Å². The predicted molar refractivity (Wildman–Crippen MR) is 62.2 cm³/mol. The summed E-state index contributed by atoms with van der Waals surface area (Å²) in [7, 11) is 0. The van der Waals surface area contributed by atoms with E-state index in [4.69, 9.17) is 11.6 Å². The lowest BCUT2D eigenvalue weighted by Crippen LogP contribution is -2.09. The van der Waals surface area contributed by atoms with Crippen LogP contribution in [0.5, 0.6) is 0 Å². The number of halogens is 4. The number of hydrogen-bond donors (Lipinski definition) is 0. The maximum Gasteiger partial charge on any atom is 0.433 e. The average molecular weight is 273 g/mol. The summed E-state index contributed by atoms with van der Waals surface area (Å²) in [6.07, 6.45) is -4.54. The maximum atomic E-state index is 12.6. The first-order valence-electron chi connectivity index (χ1n) is 5.05. The van der Waals surface area contributed by atoms with Gasteiger partial charge >= 0.3 is 6.18 Å². The highest BCUT2D eigenvalue weighted by molar-refractivity contribution is 6.28. The summed E-state index contributed by atoms with van der Waals surface area (Å²) in [6, 6.07) is 7.89. The van der Waals surface area contributed by atoms with Crippen LogP contribution >= 0.6 is 11.6 Å². The topological polar surface area (TPSA) is 25.8 Å². The Morgan fingerprint density at radius 2 is 1.83 bits per heavy atom. The van der Waals surface area contributed by atoms with Crippen molar-refractivity contribution in [3.63, 3.8) is 0 Å². The Balaban J connectivity index is 2.55. The first-order chi connectivity index (χ1) is 8.36. The largest absolute Gasteiger partial charge is 0.433 e. The summed E-state index contributed by atoms with van der Waals surface area (Å²) in [6.45, 7) is 1.84. The summed E-state index contributed by atoms with van der Waals surface area (Å²) in [5.74, 6) is 0. The van der Waals surface area contributed by atoms with E-state index in [9.17, 15) is 13.2 Å². The Morgan fingerprint density at radius 3 is 2.44 bits per heavy atom. The fourth-order valence-corrected chi connectivity index (χ4v) is 1.70. The van der Waals surface area contributed by atoms with Gasteiger partial charge in [-0.2, -0.15) is 13.2 Å². The number of hydrogen-bond acceptors (Lipinski definition) is 2. The molecule has 0 aliphatic heterocycles. The quantitative estimate of drug-likeness (QED) is 0.730. The lowest BCUT2D eigenvalue weighted by Gasteiger charge is -2.08. The van der Waals surface area contributed by atoms with E-state index in [2.05, 4.69) is 9.97 Å². The molecule has 1 heterocycles. The SMILES string of the molecule is Cc1cccc(-c2cc(C(F)(F)F)nc(Cl)n2)c1. The summed E-state index contributed by atoms with van der Waals surface area (Å²) in [5.41, 5.74) is 0.616. The van der Waals surface area contributed by atoms with Gasteiger partial charge < -0.3 is 0 Å². The molecule has 0 atom stereocenters. The smallest absolute Gasteiger partial charge is 0.218 e. The first kappa shape index (κ1) is 12.8. The molecule has 2 aromatic rings. The third-order valence-electron chi connectivity index (χ3n) is 2.30. The van der Waals surface area contributed by atoms with Crippen molar-refractivity contribution in [2.24, 2.45) is 0 Å².